The van der Waals surface area contributed by atoms with Crippen molar-refractivity contribution in [2.45, 2.75) is 14.7 Å². The minimum atomic E-state index is -0.710. The molecule has 0 amide bonds. The first-order valence-corrected chi connectivity index (χ1v) is 10.1. The number of alkyl halides is 1. The maximum atomic E-state index is 7.32. The highest BCUT2D eigenvalue weighted by Gasteiger charge is 2.33. The van der Waals surface area contributed by atoms with Crippen LogP contribution in [0, 0.1) is 0 Å². The highest BCUT2D eigenvalue weighted by atomic mass is 35.5. The summed E-state index contributed by atoms with van der Waals surface area (Å²) in [5.41, 5.74) is 3.21. The summed E-state index contributed by atoms with van der Waals surface area (Å²) in [5.74, 6) is 0. The van der Waals surface area contributed by atoms with Crippen molar-refractivity contribution in [2.24, 2.45) is 0 Å². The smallest absolute Gasteiger partial charge is 0.104 e. The summed E-state index contributed by atoms with van der Waals surface area (Å²) in [4.78, 5) is 1.72. The second kappa shape index (κ2) is 8.04. The molecule has 0 heterocycles. The first kappa shape index (κ1) is 17.9. The van der Waals surface area contributed by atoms with Gasteiger partial charge in [-0.3, -0.25) is 0 Å². The molecule has 0 aromatic heterocycles. The zero-order chi connectivity index (χ0) is 18.5. The van der Waals surface area contributed by atoms with Gasteiger partial charge in [0.05, 0.1) is 0 Å². The van der Waals surface area contributed by atoms with Gasteiger partial charge in [0.1, 0.15) is 4.87 Å². The van der Waals surface area contributed by atoms with Crippen LogP contribution in [0.3, 0.4) is 0 Å². The quantitative estimate of drug-likeness (QED) is 0.255. The molecular formula is C25H19ClS. The van der Waals surface area contributed by atoms with Crippen LogP contribution in [0.4, 0.5) is 0 Å². The predicted molar refractivity (Wildman–Crippen MR) is 116 cm³/mol. The molecule has 0 atom stereocenters. The zero-order valence-corrected chi connectivity index (χ0v) is 16.3. The van der Waals surface area contributed by atoms with Crippen LogP contribution in [-0.4, -0.2) is 0 Å². The Kier molecular flexibility index (Phi) is 5.33. The monoisotopic (exact) mass is 386 g/mol. The largest absolute Gasteiger partial charge is 0.119 e. The van der Waals surface area contributed by atoms with Crippen molar-refractivity contribution < 1.29 is 0 Å². The standard InChI is InChI=1S/C25H19ClS/c26-25(20-10-4-1-5-11-20,21-12-6-2-7-13-21)22-16-18-24(19-17-22)27-23-14-8-3-9-15-23/h1-19H. The summed E-state index contributed by atoms with van der Waals surface area (Å²) in [7, 11) is 0. The number of halogens is 1. The molecule has 0 saturated carbocycles. The Bertz CT molecular complexity index is 941. The first-order valence-electron chi connectivity index (χ1n) is 8.90. The van der Waals surface area contributed by atoms with Crippen molar-refractivity contribution in [3.63, 3.8) is 0 Å². The second-order valence-electron chi connectivity index (χ2n) is 6.33. The van der Waals surface area contributed by atoms with Crippen molar-refractivity contribution in [1.29, 1.82) is 0 Å². The van der Waals surface area contributed by atoms with Gasteiger partial charge in [-0.05, 0) is 41.0 Å². The zero-order valence-electron chi connectivity index (χ0n) is 14.8. The fourth-order valence-electron chi connectivity index (χ4n) is 3.21. The number of hydrogen-bond acceptors (Lipinski definition) is 1. The number of benzene rings is 4. The van der Waals surface area contributed by atoms with Gasteiger partial charge < -0.3 is 0 Å². The van der Waals surface area contributed by atoms with E-state index in [0.717, 1.165) is 16.7 Å². The van der Waals surface area contributed by atoms with Crippen LogP contribution in [-0.2, 0) is 4.87 Å². The summed E-state index contributed by atoms with van der Waals surface area (Å²) in [6.07, 6.45) is 0. The molecule has 0 aliphatic heterocycles. The lowest BCUT2D eigenvalue weighted by Crippen LogP contribution is -2.22. The minimum Gasteiger partial charge on any atom is -0.104 e. The van der Waals surface area contributed by atoms with Crippen LogP contribution < -0.4 is 0 Å². The summed E-state index contributed by atoms with van der Waals surface area (Å²) >= 11 is 9.08. The Hall–Kier alpha value is -2.48. The average Bonchev–Trinajstić information content (AvgIpc) is 2.76. The number of rotatable bonds is 5. The fraction of sp³-hybridized carbons (Fsp3) is 0.0400. The lowest BCUT2D eigenvalue weighted by molar-refractivity contribution is 0.877. The molecule has 27 heavy (non-hydrogen) atoms. The molecule has 0 N–H and O–H groups in total. The Morgan fingerprint density at radius 2 is 0.815 bits per heavy atom. The van der Waals surface area contributed by atoms with Crippen LogP contribution in [0.25, 0.3) is 0 Å². The topological polar surface area (TPSA) is 0 Å². The van der Waals surface area contributed by atoms with E-state index in [1.165, 1.54) is 9.79 Å². The van der Waals surface area contributed by atoms with E-state index in [0.29, 0.717) is 0 Å². The van der Waals surface area contributed by atoms with E-state index in [1.54, 1.807) is 11.8 Å². The van der Waals surface area contributed by atoms with Crippen LogP contribution in [0.2, 0.25) is 0 Å². The third-order valence-electron chi connectivity index (χ3n) is 4.57. The number of hydrogen-bond donors (Lipinski definition) is 0. The molecule has 0 nitrogen and oxygen atoms in total. The molecule has 0 fully saturated rings. The molecule has 132 valence electrons. The summed E-state index contributed by atoms with van der Waals surface area (Å²) in [6.45, 7) is 0. The maximum absolute atomic E-state index is 7.32. The van der Waals surface area contributed by atoms with Gasteiger partial charge in [-0.2, -0.15) is 0 Å². The van der Waals surface area contributed by atoms with Gasteiger partial charge in [0.2, 0.25) is 0 Å². The Labute approximate surface area is 169 Å². The first-order chi connectivity index (χ1) is 13.3. The van der Waals surface area contributed by atoms with E-state index in [9.17, 15) is 0 Å². The van der Waals surface area contributed by atoms with Crippen molar-refractivity contribution in [3.05, 3.63) is 132 Å². The van der Waals surface area contributed by atoms with Gasteiger partial charge in [0.15, 0.2) is 0 Å². The van der Waals surface area contributed by atoms with E-state index in [-0.39, 0.29) is 0 Å². The molecular weight excluding hydrogens is 368 g/mol. The Balaban J connectivity index is 1.73. The maximum Gasteiger partial charge on any atom is 0.119 e. The molecule has 4 aromatic rings. The molecule has 0 radical (unpaired) electrons. The van der Waals surface area contributed by atoms with E-state index in [1.807, 2.05) is 42.5 Å². The normalized spacial score (nSPS) is 11.3. The van der Waals surface area contributed by atoms with E-state index in [2.05, 4.69) is 72.8 Å². The van der Waals surface area contributed by atoms with Crippen molar-refractivity contribution in [1.82, 2.24) is 0 Å². The highest BCUT2D eigenvalue weighted by molar-refractivity contribution is 7.99. The minimum absolute atomic E-state index is 0.710. The summed E-state index contributed by atoms with van der Waals surface area (Å²) < 4.78 is 0. The summed E-state index contributed by atoms with van der Waals surface area (Å²) in [6, 6.07) is 39.5. The third-order valence-corrected chi connectivity index (χ3v) is 6.24. The Morgan fingerprint density at radius 1 is 0.444 bits per heavy atom. The van der Waals surface area contributed by atoms with E-state index >= 15 is 0 Å². The summed E-state index contributed by atoms with van der Waals surface area (Å²) in [5, 5.41) is 0. The Morgan fingerprint density at radius 3 is 1.30 bits per heavy atom. The van der Waals surface area contributed by atoms with Crippen molar-refractivity contribution in [3.8, 4) is 0 Å². The van der Waals surface area contributed by atoms with Crippen LogP contribution in [0.1, 0.15) is 16.7 Å². The second-order valence-corrected chi connectivity index (χ2v) is 8.04. The predicted octanol–water partition coefficient (Wildman–Crippen LogP) is 7.37. The fourth-order valence-corrected chi connectivity index (χ4v) is 4.43. The van der Waals surface area contributed by atoms with E-state index in [4.69, 9.17) is 11.6 Å². The lowest BCUT2D eigenvalue weighted by atomic mass is 9.84. The van der Waals surface area contributed by atoms with Crippen LogP contribution in [0.5, 0.6) is 0 Å². The molecule has 0 spiro atoms. The third kappa shape index (κ3) is 3.80. The molecule has 0 saturated heterocycles. The lowest BCUT2D eigenvalue weighted by Gasteiger charge is -2.29. The molecule has 0 unspecified atom stereocenters. The highest BCUT2D eigenvalue weighted by Crippen LogP contribution is 2.43. The molecule has 0 aliphatic rings. The molecule has 2 heteroatoms. The van der Waals surface area contributed by atoms with E-state index < -0.39 is 4.87 Å². The molecule has 0 aliphatic carbocycles. The van der Waals surface area contributed by atoms with Gasteiger partial charge >= 0.3 is 0 Å². The van der Waals surface area contributed by atoms with Crippen LogP contribution in [0.15, 0.2) is 125 Å². The van der Waals surface area contributed by atoms with Crippen molar-refractivity contribution in [2.75, 3.05) is 0 Å². The van der Waals surface area contributed by atoms with Crippen molar-refractivity contribution >= 4 is 23.4 Å². The molecule has 0 bridgehead atoms. The molecule has 4 rings (SSSR count). The van der Waals surface area contributed by atoms with Gasteiger partial charge in [0, 0.05) is 9.79 Å². The van der Waals surface area contributed by atoms with Crippen LogP contribution >= 0.6 is 23.4 Å². The van der Waals surface area contributed by atoms with Gasteiger partial charge in [-0.25, -0.2) is 0 Å². The molecule has 4 aromatic carbocycles. The SMILES string of the molecule is ClC(c1ccccc1)(c1ccccc1)c1ccc(Sc2ccccc2)cc1. The van der Waals surface area contributed by atoms with Gasteiger partial charge in [-0.1, -0.05) is 103 Å². The van der Waals surface area contributed by atoms with Gasteiger partial charge in [-0.15, -0.1) is 11.6 Å². The van der Waals surface area contributed by atoms with Gasteiger partial charge in [0.25, 0.3) is 0 Å². The average molecular weight is 387 g/mol.